The summed E-state index contributed by atoms with van der Waals surface area (Å²) in [5, 5.41) is 12.5. The van der Waals surface area contributed by atoms with Gasteiger partial charge >= 0.3 is 0 Å². The maximum Gasteiger partial charge on any atom is 0.267 e. The number of halogens is 1. The van der Waals surface area contributed by atoms with Gasteiger partial charge in [0.25, 0.3) is 5.91 Å². The molecule has 1 fully saturated rings. The normalized spacial score (nSPS) is 15.4. The minimum atomic E-state index is -0.204. The van der Waals surface area contributed by atoms with Crippen LogP contribution in [0.1, 0.15) is 56.1 Å². The lowest BCUT2D eigenvalue weighted by atomic mass is 9.83. The van der Waals surface area contributed by atoms with Crippen molar-refractivity contribution in [3.8, 4) is 0 Å². The van der Waals surface area contributed by atoms with E-state index in [0.29, 0.717) is 18.3 Å². The summed E-state index contributed by atoms with van der Waals surface area (Å²) >= 11 is 3.44. The average molecular weight is 343 g/mol. The van der Waals surface area contributed by atoms with Crippen molar-refractivity contribution in [1.82, 2.24) is 9.88 Å². The highest BCUT2D eigenvalue weighted by molar-refractivity contribution is 9.10. The number of aromatic nitrogens is 1. The van der Waals surface area contributed by atoms with E-state index in [9.17, 15) is 9.90 Å². The predicted molar refractivity (Wildman–Crippen MR) is 82.8 cm³/mol. The van der Waals surface area contributed by atoms with Crippen LogP contribution >= 0.6 is 15.9 Å². The molecule has 1 saturated carbocycles. The molecule has 20 heavy (non-hydrogen) atoms. The zero-order valence-electron chi connectivity index (χ0n) is 12.2. The zero-order chi connectivity index (χ0) is 14.8. The molecule has 1 heterocycles. The van der Waals surface area contributed by atoms with E-state index in [1.165, 1.54) is 0 Å². The number of hydrogen-bond donors (Lipinski definition) is 2. The van der Waals surface area contributed by atoms with Crippen LogP contribution in [0.25, 0.3) is 0 Å². The van der Waals surface area contributed by atoms with Crippen LogP contribution in [0.2, 0.25) is 0 Å². The molecule has 1 aromatic rings. The van der Waals surface area contributed by atoms with Crippen molar-refractivity contribution in [2.24, 2.45) is 5.41 Å². The van der Waals surface area contributed by atoms with Gasteiger partial charge in [0.1, 0.15) is 5.69 Å². The minimum absolute atomic E-state index is 0.0534. The van der Waals surface area contributed by atoms with Gasteiger partial charge < -0.3 is 15.0 Å². The summed E-state index contributed by atoms with van der Waals surface area (Å²) in [7, 11) is 0. The molecule has 0 radical (unpaired) electrons. The van der Waals surface area contributed by atoms with Crippen LogP contribution in [0.3, 0.4) is 0 Å². The van der Waals surface area contributed by atoms with Crippen LogP contribution in [0, 0.1) is 5.41 Å². The Kier molecular flexibility index (Phi) is 4.91. The van der Waals surface area contributed by atoms with Gasteiger partial charge in [-0.25, -0.2) is 0 Å². The number of nitrogens with one attached hydrogen (secondary N) is 1. The molecule has 0 aliphatic heterocycles. The van der Waals surface area contributed by atoms with Gasteiger partial charge in [0, 0.05) is 28.7 Å². The molecule has 5 heteroatoms. The van der Waals surface area contributed by atoms with Crippen LogP contribution in [0.15, 0.2) is 16.7 Å². The maximum atomic E-state index is 12.4. The first kappa shape index (κ1) is 15.6. The van der Waals surface area contributed by atoms with Gasteiger partial charge in [0.05, 0.1) is 6.61 Å². The smallest absolute Gasteiger partial charge is 0.267 e. The molecule has 1 aromatic heterocycles. The molecule has 2 N–H and O–H groups in total. The van der Waals surface area contributed by atoms with Gasteiger partial charge in [-0.2, -0.15) is 0 Å². The fourth-order valence-electron chi connectivity index (χ4n) is 2.42. The van der Waals surface area contributed by atoms with Gasteiger partial charge in [0.15, 0.2) is 0 Å². The SMILES string of the molecule is CCC(CC)(CO)CNC(=O)c1cc(Br)cn1C1CC1. The Morgan fingerprint density at radius 1 is 1.50 bits per heavy atom. The van der Waals surface area contributed by atoms with Crippen LogP contribution in [-0.4, -0.2) is 28.7 Å². The molecule has 1 amide bonds. The molecule has 0 spiro atoms. The molecule has 112 valence electrons. The number of amides is 1. The van der Waals surface area contributed by atoms with E-state index < -0.39 is 0 Å². The molecule has 2 rings (SSSR count). The van der Waals surface area contributed by atoms with Crippen molar-refractivity contribution in [2.45, 2.75) is 45.6 Å². The Hall–Kier alpha value is -0.810. The number of carbonyl (C=O) groups excluding carboxylic acids is 1. The van der Waals surface area contributed by atoms with Crippen LogP contribution in [-0.2, 0) is 0 Å². The summed E-state index contributed by atoms with van der Waals surface area (Å²) in [5.41, 5.74) is 0.502. The molecular weight excluding hydrogens is 320 g/mol. The molecule has 1 aliphatic carbocycles. The number of carbonyl (C=O) groups is 1. The highest BCUT2D eigenvalue weighted by Crippen LogP contribution is 2.37. The molecule has 4 nitrogen and oxygen atoms in total. The first-order valence-electron chi connectivity index (χ1n) is 7.31. The number of aliphatic hydroxyl groups is 1. The van der Waals surface area contributed by atoms with Gasteiger partial charge in [-0.05, 0) is 47.7 Å². The van der Waals surface area contributed by atoms with Gasteiger partial charge in [-0.15, -0.1) is 0 Å². The largest absolute Gasteiger partial charge is 0.396 e. The summed E-state index contributed by atoms with van der Waals surface area (Å²) in [6, 6.07) is 2.34. The Morgan fingerprint density at radius 2 is 2.15 bits per heavy atom. The van der Waals surface area contributed by atoms with Gasteiger partial charge in [0.2, 0.25) is 0 Å². The quantitative estimate of drug-likeness (QED) is 0.799. The van der Waals surface area contributed by atoms with Crippen LogP contribution in [0.5, 0.6) is 0 Å². The van der Waals surface area contributed by atoms with Crippen molar-refractivity contribution in [3.05, 3.63) is 22.4 Å². The Morgan fingerprint density at radius 3 is 2.65 bits per heavy atom. The second-order valence-corrected chi connectivity index (χ2v) is 6.65. The zero-order valence-corrected chi connectivity index (χ0v) is 13.7. The fraction of sp³-hybridized carbons (Fsp3) is 0.667. The summed E-state index contributed by atoms with van der Waals surface area (Å²) in [6.07, 6.45) is 5.98. The van der Waals surface area contributed by atoms with E-state index in [1.54, 1.807) is 0 Å². The third kappa shape index (κ3) is 3.26. The molecule has 0 atom stereocenters. The third-order valence-corrected chi connectivity index (χ3v) is 4.88. The lowest BCUT2D eigenvalue weighted by Crippen LogP contribution is -2.39. The van der Waals surface area contributed by atoms with Gasteiger partial charge in [-0.1, -0.05) is 13.8 Å². The first-order chi connectivity index (χ1) is 9.55. The number of rotatable bonds is 7. The molecule has 0 bridgehead atoms. The van der Waals surface area contributed by atoms with E-state index in [0.717, 1.165) is 30.2 Å². The van der Waals surface area contributed by atoms with Crippen LogP contribution < -0.4 is 5.32 Å². The summed E-state index contributed by atoms with van der Waals surface area (Å²) in [5.74, 6) is -0.0534. The Bertz CT molecular complexity index is 468. The second-order valence-electron chi connectivity index (χ2n) is 5.73. The van der Waals surface area contributed by atoms with E-state index in [2.05, 4.69) is 39.7 Å². The second kappa shape index (κ2) is 6.31. The molecule has 0 aromatic carbocycles. The van der Waals surface area contributed by atoms with E-state index in [4.69, 9.17) is 0 Å². The van der Waals surface area contributed by atoms with E-state index in [-0.39, 0.29) is 17.9 Å². The monoisotopic (exact) mass is 342 g/mol. The summed E-state index contributed by atoms with van der Waals surface area (Å²) < 4.78 is 2.99. The minimum Gasteiger partial charge on any atom is -0.396 e. The lowest BCUT2D eigenvalue weighted by molar-refractivity contribution is 0.0843. The molecular formula is C15H23BrN2O2. The third-order valence-electron chi connectivity index (χ3n) is 4.45. The van der Waals surface area contributed by atoms with Crippen molar-refractivity contribution in [1.29, 1.82) is 0 Å². The Labute approximate surface area is 128 Å². The fourth-order valence-corrected chi connectivity index (χ4v) is 2.86. The van der Waals surface area contributed by atoms with Crippen molar-refractivity contribution < 1.29 is 9.90 Å². The first-order valence-corrected chi connectivity index (χ1v) is 8.11. The summed E-state index contributed by atoms with van der Waals surface area (Å²) in [4.78, 5) is 12.4. The maximum absolute atomic E-state index is 12.4. The van der Waals surface area contributed by atoms with Crippen LogP contribution in [0.4, 0.5) is 0 Å². The number of hydrogen-bond acceptors (Lipinski definition) is 2. The summed E-state index contributed by atoms with van der Waals surface area (Å²) in [6.45, 7) is 4.72. The Balaban J connectivity index is 2.05. The van der Waals surface area contributed by atoms with Crippen molar-refractivity contribution in [2.75, 3.05) is 13.2 Å². The van der Waals surface area contributed by atoms with E-state index >= 15 is 0 Å². The molecule has 1 aliphatic rings. The number of nitrogens with zero attached hydrogens (tertiary/aromatic N) is 1. The standard InChI is InChI=1S/C15H23BrN2O2/c1-3-15(4-2,10-19)9-17-14(20)13-7-11(16)8-18(13)12-5-6-12/h7-8,12,19H,3-6,9-10H2,1-2H3,(H,17,20). The highest BCUT2D eigenvalue weighted by Gasteiger charge is 2.29. The van der Waals surface area contributed by atoms with Gasteiger partial charge in [-0.3, -0.25) is 4.79 Å². The topological polar surface area (TPSA) is 54.3 Å². The average Bonchev–Trinajstić information content (AvgIpc) is 3.23. The van der Waals surface area contributed by atoms with E-state index in [1.807, 2.05) is 12.3 Å². The molecule has 0 saturated heterocycles. The highest BCUT2D eigenvalue weighted by atomic mass is 79.9. The van der Waals surface area contributed by atoms with Crippen molar-refractivity contribution in [3.63, 3.8) is 0 Å². The molecule has 0 unspecified atom stereocenters. The lowest BCUT2D eigenvalue weighted by Gasteiger charge is -2.29. The van der Waals surface area contributed by atoms with Crippen molar-refractivity contribution >= 4 is 21.8 Å². The number of aliphatic hydroxyl groups excluding tert-OH is 1. The predicted octanol–water partition coefficient (Wildman–Crippen LogP) is 3.11.